The minimum absolute atomic E-state index is 0.396. The molecule has 1 aromatic heterocycles. The molecule has 24 heavy (non-hydrogen) atoms. The largest absolute Gasteiger partial charge is 0.356 e. The highest BCUT2D eigenvalue weighted by Gasteiger charge is 2.19. The van der Waals surface area contributed by atoms with Crippen molar-refractivity contribution in [3.8, 4) is 11.3 Å². The van der Waals surface area contributed by atoms with Crippen molar-refractivity contribution in [2.75, 3.05) is 0 Å². The summed E-state index contributed by atoms with van der Waals surface area (Å²) in [5.41, 5.74) is 3.20. The fourth-order valence-corrected chi connectivity index (χ4v) is 3.08. The normalized spacial score (nSPS) is 13.7. The van der Waals surface area contributed by atoms with Gasteiger partial charge in [0.15, 0.2) is 5.58 Å². The molecule has 0 bridgehead atoms. The molecule has 0 amide bonds. The average molecular weight is 405 g/mol. The number of hydrogen-bond donors (Lipinski definition) is 0. The second kappa shape index (κ2) is 6.61. The van der Waals surface area contributed by atoms with Crippen LogP contribution in [-0.2, 0) is 11.0 Å². The summed E-state index contributed by atoms with van der Waals surface area (Å²) < 4.78 is 22.3. The molecule has 1 atom stereocenters. The van der Waals surface area contributed by atoms with Crippen LogP contribution in [0.15, 0.2) is 55.9 Å². The maximum atomic E-state index is 12.2. The van der Waals surface area contributed by atoms with Crippen LogP contribution in [0.3, 0.4) is 0 Å². The zero-order chi connectivity index (χ0) is 17.3. The first kappa shape index (κ1) is 17.0. The Morgan fingerprint density at radius 1 is 1.21 bits per heavy atom. The number of nitrogens with zero attached hydrogens (tertiary/aromatic N) is 2. The van der Waals surface area contributed by atoms with Crippen LogP contribution >= 0.6 is 15.9 Å². The van der Waals surface area contributed by atoms with Gasteiger partial charge >= 0.3 is 0 Å². The molecule has 0 aliphatic rings. The highest BCUT2D eigenvalue weighted by atomic mass is 79.9. The van der Waals surface area contributed by atoms with Crippen LogP contribution in [0.2, 0.25) is 0 Å². The summed E-state index contributed by atoms with van der Waals surface area (Å²) in [6, 6.07) is 13.5. The van der Waals surface area contributed by atoms with Crippen LogP contribution in [0.5, 0.6) is 0 Å². The molecule has 0 N–H and O–H groups in total. The van der Waals surface area contributed by atoms with Gasteiger partial charge in [0, 0.05) is 27.2 Å². The van der Waals surface area contributed by atoms with Crippen molar-refractivity contribution in [2.24, 2.45) is 4.40 Å². The van der Waals surface area contributed by atoms with Crippen LogP contribution in [0.1, 0.15) is 26.3 Å². The number of fused-ring (bicyclic) bond motifs is 1. The lowest BCUT2D eigenvalue weighted by molar-refractivity contribution is 0.459. The Labute approximate surface area is 151 Å². The minimum atomic E-state index is -1.31. The number of para-hydroxylation sites is 1. The number of benzene rings is 2. The lowest BCUT2D eigenvalue weighted by atomic mass is 10.0. The van der Waals surface area contributed by atoms with Gasteiger partial charge < -0.3 is 4.52 Å². The smallest absolute Gasteiger partial charge is 0.167 e. The second-order valence-electron chi connectivity index (χ2n) is 6.35. The number of rotatable bonds is 3. The maximum Gasteiger partial charge on any atom is 0.167 e. The Balaban J connectivity index is 2.10. The SMILES string of the molecule is CC(C)(C)[S@](=O)/N=C/c1ccc(Br)cc1-c1noc2ccccc12. The number of hydrogen-bond acceptors (Lipinski definition) is 3. The van der Waals surface area contributed by atoms with Crippen molar-refractivity contribution >= 4 is 44.1 Å². The zero-order valence-corrected chi connectivity index (χ0v) is 16.0. The van der Waals surface area contributed by atoms with Crippen molar-refractivity contribution in [2.45, 2.75) is 25.5 Å². The molecule has 0 aliphatic heterocycles. The van der Waals surface area contributed by atoms with Gasteiger partial charge in [-0.1, -0.05) is 39.3 Å². The second-order valence-corrected chi connectivity index (χ2v) is 9.20. The van der Waals surface area contributed by atoms with Gasteiger partial charge in [0.2, 0.25) is 0 Å². The molecule has 6 heteroatoms. The predicted molar refractivity (Wildman–Crippen MR) is 103 cm³/mol. The summed E-state index contributed by atoms with van der Waals surface area (Å²) in [5, 5.41) is 5.14. The van der Waals surface area contributed by atoms with Crippen molar-refractivity contribution in [3.63, 3.8) is 0 Å². The molecule has 1 heterocycles. The lowest BCUT2D eigenvalue weighted by Crippen LogP contribution is -2.19. The first-order valence-corrected chi connectivity index (χ1v) is 9.36. The Kier molecular flexibility index (Phi) is 4.69. The number of aromatic nitrogens is 1. The van der Waals surface area contributed by atoms with Crippen LogP contribution in [0.25, 0.3) is 22.2 Å². The van der Waals surface area contributed by atoms with Crippen LogP contribution in [0, 0.1) is 0 Å². The first-order chi connectivity index (χ1) is 11.4. The molecule has 0 saturated carbocycles. The Bertz CT molecular complexity index is 942. The Hall–Kier alpha value is -1.79. The molecule has 2 aromatic carbocycles. The van der Waals surface area contributed by atoms with Crippen LogP contribution in [0.4, 0.5) is 0 Å². The van der Waals surface area contributed by atoms with Gasteiger partial charge in [-0.15, -0.1) is 0 Å². The van der Waals surface area contributed by atoms with Crippen LogP contribution in [-0.4, -0.2) is 20.3 Å². The van der Waals surface area contributed by atoms with Crippen LogP contribution < -0.4 is 0 Å². The highest BCUT2D eigenvalue weighted by molar-refractivity contribution is 9.10. The van der Waals surface area contributed by atoms with Gasteiger partial charge in [-0.2, -0.15) is 4.40 Å². The van der Waals surface area contributed by atoms with Gasteiger partial charge in [0.05, 0.1) is 4.75 Å². The molecule has 124 valence electrons. The third-order valence-electron chi connectivity index (χ3n) is 3.46. The molecule has 3 aromatic rings. The molecule has 3 rings (SSSR count). The first-order valence-electron chi connectivity index (χ1n) is 7.46. The molecule has 0 saturated heterocycles. The number of halogens is 1. The molecule has 0 fully saturated rings. The van der Waals surface area contributed by atoms with E-state index in [4.69, 9.17) is 4.52 Å². The van der Waals surface area contributed by atoms with Crippen molar-refractivity contribution in [1.82, 2.24) is 5.16 Å². The molecular weight excluding hydrogens is 388 g/mol. The van der Waals surface area contributed by atoms with Gasteiger partial charge in [0.25, 0.3) is 0 Å². The molecule has 0 unspecified atom stereocenters. The van der Waals surface area contributed by atoms with E-state index in [-0.39, 0.29) is 0 Å². The topological polar surface area (TPSA) is 55.5 Å². The summed E-state index contributed by atoms with van der Waals surface area (Å²) in [6.45, 7) is 5.69. The van der Waals surface area contributed by atoms with E-state index in [1.807, 2.05) is 63.2 Å². The van der Waals surface area contributed by atoms with E-state index in [9.17, 15) is 4.21 Å². The molecular formula is C18H17BrN2O2S. The Morgan fingerprint density at radius 3 is 2.71 bits per heavy atom. The third kappa shape index (κ3) is 3.49. The molecule has 4 nitrogen and oxygen atoms in total. The van der Waals surface area contributed by atoms with Crippen molar-refractivity contribution < 1.29 is 8.73 Å². The van der Waals surface area contributed by atoms with Gasteiger partial charge in [-0.25, -0.2) is 4.21 Å². The summed E-state index contributed by atoms with van der Waals surface area (Å²) in [7, 11) is -1.31. The fourth-order valence-electron chi connectivity index (χ4n) is 2.19. The molecule has 0 radical (unpaired) electrons. The van der Waals surface area contributed by atoms with E-state index in [1.54, 1.807) is 6.21 Å². The highest BCUT2D eigenvalue weighted by Crippen LogP contribution is 2.31. The van der Waals surface area contributed by atoms with E-state index >= 15 is 0 Å². The summed E-state index contributed by atoms with van der Waals surface area (Å²) >= 11 is 3.49. The molecule has 0 spiro atoms. The fraction of sp³-hybridized carbons (Fsp3) is 0.222. The van der Waals surface area contributed by atoms with Crippen molar-refractivity contribution in [1.29, 1.82) is 0 Å². The van der Waals surface area contributed by atoms with Crippen molar-refractivity contribution in [3.05, 3.63) is 52.5 Å². The van der Waals surface area contributed by atoms with E-state index in [0.717, 1.165) is 32.3 Å². The van der Waals surface area contributed by atoms with Gasteiger partial charge in [-0.3, -0.25) is 0 Å². The maximum absolute atomic E-state index is 12.2. The van der Waals surface area contributed by atoms with Gasteiger partial charge in [0.1, 0.15) is 16.7 Å². The van der Waals surface area contributed by atoms with Gasteiger partial charge in [-0.05, 0) is 45.0 Å². The minimum Gasteiger partial charge on any atom is -0.356 e. The lowest BCUT2D eigenvalue weighted by Gasteiger charge is -2.13. The predicted octanol–water partition coefficient (Wildman–Crippen LogP) is 5.14. The Morgan fingerprint density at radius 2 is 1.96 bits per heavy atom. The summed E-state index contributed by atoms with van der Waals surface area (Å²) in [6.07, 6.45) is 1.65. The standard InChI is InChI=1S/C18H17BrN2O2S/c1-18(2,3)24(22)20-11-12-8-9-13(19)10-15(12)17-14-6-4-5-7-16(14)23-21-17/h4-11H,1-3H3/b20-11+/t24-/m0/s1. The quantitative estimate of drug-likeness (QED) is 0.567. The zero-order valence-electron chi connectivity index (χ0n) is 13.6. The third-order valence-corrected chi connectivity index (χ3v) is 5.30. The molecule has 0 aliphatic carbocycles. The average Bonchev–Trinajstić information content (AvgIpc) is 2.96. The summed E-state index contributed by atoms with van der Waals surface area (Å²) in [5.74, 6) is 0. The monoisotopic (exact) mass is 404 g/mol. The van der Waals surface area contributed by atoms with E-state index in [0.29, 0.717) is 0 Å². The van der Waals surface area contributed by atoms with E-state index < -0.39 is 15.7 Å². The van der Waals surface area contributed by atoms with E-state index in [2.05, 4.69) is 25.5 Å². The summed E-state index contributed by atoms with van der Waals surface area (Å²) in [4.78, 5) is 0. The van der Waals surface area contributed by atoms with E-state index in [1.165, 1.54) is 0 Å².